The fraction of sp³-hybridized carbons (Fsp3) is 0.353. The predicted molar refractivity (Wildman–Crippen MR) is 163 cm³/mol. The van der Waals surface area contributed by atoms with Gasteiger partial charge in [0.15, 0.2) is 0 Å². The van der Waals surface area contributed by atoms with Gasteiger partial charge in [0.2, 0.25) is 0 Å². The van der Waals surface area contributed by atoms with Crippen LogP contribution in [0.1, 0.15) is 52.7 Å². The van der Waals surface area contributed by atoms with Gasteiger partial charge in [0, 0.05) is 31.0 Å². The molecular weight excluding hydrogens is 530 g/mol. The number of esters is 1. The van der Waals surface area contributed by atoms with E-state index < -0.39 is 5.97 Å². The smallest absolute Gasteiger partial charge is 0.337 e. The number of fused-ring (bicyclic) bond motifs is 1. The molecule has 42 heavy (non-hydrogen) atoms. The highest BCUT2D eigenvalue weighted by Crippen LogP contribution is 2.38. The van der Waals surface area contributed by atoms with E-state index in [0.717, 1.165) is 62.3 Å². The number of amides is 1. The average molecular weight is 568 g/mol. The Labute approximate surface area is 246 Å². The molecule has 6 rings (SSSR count). The molecule has 3 heterocycles. The first kappa shape index (κ1) is 28.2. The SMILES string of the molecule is COC(=O)c1ccc2c(c1)NC(=O)/C2=C(\Nc1ccc(CN(C)C(C2CCCO2)C2CCCO2)cc1)c1ccccc1. The molecule has 2 unspecified atom stereocenters. The van der Waals surface area contributed by atoms with Gasteiger partial charge in [-0.15, -0.1) is 0 Å². The lowest BCUT2D eigenvalue weighted by molar-refractivity contribution is -0.110. The van der Waals surface area contributed by atoms with Crippen molar-refractivity contribution in [1.82, 2.24) is 4.90 Å². The Morgan fingerprint density at radius 2 is 1.67 bits per heavy atom. The van der Waals surface area contributed by atoms with Gasteiger partial charge in [0.1, 0.15) is 0 Å². The Bertz CT molecular complexity index is 1440. The van der Waals surface area contributed by atoms with E-state index in [-0.39, 0.29) is 24.2 Å². The molecule has 2 fully saturated rings. The van der Waals surface area contributed by atoms with Crippen LogP contribution in [0.15, 0.2) is 72.8 Å². The first-order chi connectivity index (χ1) is 20.5. The van der Waals surface area contributed by atoms with Crippen molar-refractivity contribution >= 4 is 34.5 Å². The molecule has 0 aromatic heterocycles. The Morgan fingerprint density at radius 3 is 2.29 bits per heavy atom. The van der Waals surface area contributed by atoms with E-state index in [1.165, 1.54) is 12.7 Å². The number of benzene rings is 3. The number of ether oxygens (including phenoxy) is 3. The Balaban J connectivity index is 1.26. The van der Waals surface area contributed by atoms with Crippen LogP contribution in [0.3, 0.4) is 0 Å². The zero-order valence-electron chi connectivity index (χ0n) is 24.1. The van der Waals surface area contributed by atoms with Crippen molar-refractivity contribution in [2.24, 2.45) is 0 Å². The van der Waals surface area contributed by atoms with Gasteiger partial charge in [-0.3, -0.25) is 9.69 Å². The minimum atomic E-state index is -0.450. The number of carbonyl (C=O) groups is 2. The summed E-state index contributed by atoms with van der Waals surface area (Å²) in [4.78, 5) is 27.7. The van der Waals surface area contributed by atoms with Crippen molar-refractivity contribution in [3.63, 3.8) is 0 Å². The topological polar surface area (TPSA) is 89.1 Å². The fourth-order valence-electron chi connectivity index (χ4n) is 6.33. The molecule has 1 amide bonds. The van der Waals surface area contributed by atoms with Gasteiger partial charge in [-0.05, 0) is 68.1 Å². The second-order valence-electron chi connectivity index (χ2n) is 11.2. The summed E-state index contributed by atoms with van der Waals surface area (Å²) < 4.78 is 17.1. The van der Waals surface area contributed by atoms with E-state index in [9.17, 15) is 9.59 Å². The molecule has 2 N–H and O–H groups in total. The van der Waals surface area contributed by atoms with Gasteiger partial charge in [-0.2, -0.15) is 0 Å². The third-order valence-corrected chi connectivity index (χ3v) is 8.35. The summed E-state index contributed by atoms with van der Waals surface area (Å²) in [5.41, 5.74) is 5.85. The van der Waals surface area contributed by atoms with E-state index in [0.29, 0.717) is 22.5 Å². The molecule has 8 heteroatoms. The van der Waals surface area contributed by atoms with Gasteiger partial charge >= 0.3 is 5.97 Å². The molecule has 3 aromatic carbocycles. The van der Waals surface area contributed by atoms with Crippen LogP contribution in [0.5, 0.6) is 0 Å². The number of nitrogens with one attached hydrogen (secondary N) is 2. The largest absolute Gasteiger partial charge is 0.465 e. The normalized spacial score (nSPS) is 21.6. The van der Waals surface area contributed by atoms with E-state index >= 15 is 0 Å². The van der Waals surface area contributed by atoms with Crippen LogP contribution in [-0.4, -0.2) is 62.4 Å². The minimum absolute atomic E-state index is 0.211. The summed E-state index contributed by atoms with van der Waals surface area (Å²) in [6, 6.07) is 23.5. The van der Waals surface area contributed by atoms with Crippen LogP contribution in [0.25, 0.3) is 11.3 Å². The summed E-state index contributed by atoms with van der Waals surface area (Å²) in [5, 5.41) is 6.44. The van der Waals surface area contributed by atoms with Gasteiger partial charge < -0.3 is 24.8 Å². The van der Waals surface area contributed by atoms with Gasteiger partial charge in [0.05, 0.1) is 47.9 Å². The van der Waals surface area contributed by atoms with E-state index in [1.807, 2.05) is 42.5 Å². The summed E-state index contributed by atoms with van der Waals surface area (Å²) >= 11 is 0. The molecule has 0 radical (unpaired) electrons. The molecule has 0 spiro atoms. The monoisotopic (exact) mass is 567 g/mol. The van der Waals surface area contributed by atoms with Crippen LogP contribution < -0.4 is 10.6 Å². The number of hydrogen-bond donors (Lipinski definition) is 2. The second-order valence-corrected chi connectivity index (χ2v) is 11.2. The maximum absolute atomic E-state index is 13.3. The number of nitrogens with zero attached hydrogens (tertiary/aromatic N) is 1. The lowest BCUT2D eigenvalue weighted by Crippen LogP contribution is -2.48. The number of likely N-dealkylation sites (N-methyl/N-ethyl adjacent to an activating group) is 1. The first-order valence-electron chi connectivity index (χ1n) is 14.6. The maximum atomic E-state index is 13.3. The number of methoxy groups -OCH3 is 1. The standard InChI is InChI=1S/C34H37N3O5/c1-37(32(28-10-6-18-41-28)29-11-7-19-42-29)21-22-12-15-25(16-13-22)35-31(23-8-4-3-5-9-23)30-26-17-14-24(34(39)40-2)20-27(26)36-33(30)38/h3-5,8-9,12-17,20,28-29,32,35H,6-7,10-11,18-19,21H2,1-2H3,(H,36,38)/b31-30-. The zero-order chi connectivity index (χ0) is 29.1. The van der Waals surface area contributed by atoms with Crippen LogP contribution in [0.4, 0.5) is 11.4 Å². The van der Waals surface area contributed by atoms with E-state index in [1.54, 1.807) is 18.2 Å². The predicted octanol–water partition coefficient (Wildman–Crippen LogP) is 5.56. The quantitative estimate of drug-likeness (QED) is 0.258. The first-order valence-corrected chi connectivity index (χ1v) is 14.6. The van der Waals surface area contributed by atoms with E-state index in [2.05, 4.69) is 34.7 Å². The molecular formula is C34H37N3O5. The van der Waals surface area contributed by atoms with Crippen LogP contribution in [0, 0.1) is 0 Å². The number of carbonyl (C=O) groups excluding carboxylic acids is 2. The van der Waals surface area contributed by atoms with Crippen molar-refractivity contribution in [1.29, 1.82) is 0 Å². The van der Waals surface area contributed by atoms with E-state index in [4.69, 9.17) is 14.2 Å². The molecule has 3 aliphatic rings. The second kappa shape index (κ2) is 12.5. The highest BCUT2D eigenvalue weighted by atomic mass is 16.5. The summed E-state index contributed by atoms with van der Waals surface area (Å²) in [6.07, 6.45) is 4.79. The third kappa shape index (κ3) is 5.83. The van der Waals surface area contributed by atoms with Crippen LogP contribution in [0.2, 0.25) is 0 Å². The van der Waals surface area contributed by atoms with Gasteiger partial charge in [-0.1, -0.05) is 48.5 Å². The van der Waals surface area contributed by atoms with Crippen molar-refractivity contribution in [3.8, 4) is 0 Å². The Morgan fingerprint density at radius 1 is 0.976 bits per heavy atom. The lowest BCUT2D eigenvalue weighted by Gasteiger charge is -2.36. The lowest BCUT2D eigenvalue weighted by atomic mass is 9.98. The minimum Gasteiger partial charge on any atom is -0.465 e. The third-order valence-electron chi connectivity index (χ3n) is 8.35. The number of anilines is 2. The molecule has 8 nitrogen and oxygen atoms in total. The molecule has 0 bridgehead atoms. The zero-order valence-corrected chi connectivity index (χ0v) is 24.1. The van der Waals surface area contributed by atoms with Crippen LogP contribution >= 0.6 is 0 Å². The molecule has 3 aliphatic heterocycles. The van der Waals surface area contributed by atoms with Gasteiger partial charge in [-0.25, -0.2) is 4.79 Å². The number of hydrogen-bond acceptors (Lipinski definition) is 7. The van der Waals surface area contributed by atoms with Crippen molar-refractivity contribution in [2.75, 3.05) is 38.0 Å². The molecule has 2 atom stereocenters. The van der Waals surface area contributed by atoms with Crippen molar-refractivity contribution in [3.05, 3.63) is 95.1 Å². The summed E-state index contributed by atoms with van der Waals surface area (Å²) in [7, 11) is 3.51. The highest BCUT2D eigenvalue weighted by molar-refractivity contribution is 6.37. The van der Waals surface area contributed by atoms with Crippen molar-refractivity contribution < 1.29 is 23.8 Å². The molecule has 3 aromatic rings. The molecule has 0 aliphatic carbocycles. The fourth-order valence-corrected chi connectivity index (χ4v) is 6.33. The van der Waals surface area contributed by atoms with Crippen molar-refractivity contribution in [2.45, 2.75) is 50.5 Å². The maximum Gasteiger partial charge on any atom is 0.337 e. The molecule has 0 saturated carbocycles. The molecule has 218 valence electrons. The Kier molecular flexibility index (Phi) is 8.37. The molecule has 2 saturated heterocycles. The highest BCUT2D eigenvalue weighted by Gasteiger charge is 2.37. The summed E-state index contributed by atoms with van der Waals surface area (Å²) in [6.45, 7) is 2.45. The van der Waals surface area contributed by atoms with Crippen LogP contribution in [-0.2, 0) is 25.5 Å². The van der Waals surface area contributed by atoms with Gasteiger partial charge in [0.25, 0.3) is 5.91 Å². The Hall–Kier alpha value is -3.98. The average Bonchev–Trinajstić information content (AvgIpc) is 3.79. The summed E-state index contributed by atoms with van der Waals surface area (Å²) in [5.74, 6) is -0.680. The number of rotatable bonds is 9.